The summed E-state index contributed by atoms with van der Waals surface area (Å²) in [5, 5.41) is 5.13. The molecular weight excluding hydrogens is 352 g/mol. The van der Waals surface area contributed by atoms with Crippen LogP contribution in [0, 0.1) is 0 Å². The van der Waals surface area contributed by atoms with E-state index in [0.29, 0.717) is 13.2 Å². The first kappa shape index (κ1) is 20.2. The zero-order chi connectivity index (χ0) is 19.5. The minimum Gasteiger partial charge on any atom is -0.459 e. The van der Waals surface area contributed by atoms with Crippen molar-refractivity contribution in [3.63, 3.8) is 0 Å². The smallest absolute Gasteiger partial charge is 0.329 e. The lowest BCUT2D eigenvalue weighted by Crippen LogP contribution is -2.44. The maximum atomic E-state index is 12.4. The van der Waals surface area contributed by atoms with Gasteiger partial charge in [0.05, 0.1) is 12.9 Å². The Morgan fingerprint density at radius 2 is 1.89 bits per heavy atom. The summed E-state index contributed by atoms with van der Waals surface area (Å²) in [5.74, 6) is -1.61. The molecular formula is C19H22N2O6. The van der Waals surface area contributed by atoms with Gasteiger partial charge >= 0.3 is 5.97 Å². The van der Waals surface area contributed by atoms with Crippen molar-refractivity contribution in [3.05, 3.63) is 60.1 Å². The molecule has 2 rings (SSSR count). The van der Waals surface area contributed by atoms with E-state index in [2.05, 4.69) is 10.6 Å². The van der Waals surface area contributed by atoms with Crippen molar-refractivity contribution in [3.8, 4) is 0 Å². The summed E-state index contributed by atoms with van der Waals surface area (Å²) in [4.78, 5) is 36.3. The summed E-state index contributed by atoms with van der Waals surface area (Å²) in [6.45, 7) is 0.232. The molecule has 2 N–H and O–H groups in total. The average molecular weight is 374 g/mol. The quantitative estimate of drug-likeness (QED) is 0.473. The Hall–Kier alpha value is -3.13. The van der Waals surface area contributed by atoms with Crippen molar-refractivity contribution in [2.75, 3.05) is 26.9 Å². The van der Waals surface area contributed by atoms with Gasteiger partial charge in [-0.15, -0.1) is 0 Å². The second-order valence-electron chi connectivity index (χ2n) is 5.64. The van der Waals surface area contributed by atoms with Crippen molar-refractivity contribution in [1.82, 2.24) is 10.6 Å². The van der Waals surface area contributed by atoms with Gasteiger partial charge in [0.15, 0.2) is 12.4 Å². The number of hydrogen-bond donors (Lipinski definition) is 2. The van der Waals surface area contributed by atoms with Crippen molar-refractivity contribution >= 4 is 17.8 Å². The van der Waals surface area contributed by atoms with Crippen LogP contribution in [-0.4, -0.2) is 50.7 Å². The molecule has 0 aliphatic carbocycles. The molecule has 1 atom stereocenters. The monoisotopic (exact) mass is 374 g/mol. The van der Waals surface area contributed by atoms with E-state index < -0.39 is 30.4 Å². The Bertz CT molecular complexity index is 730. The number of esters is 1. The molecule has 0 radical (unpaired) electrons. The predicted molar refractivity (Wildman–Crippen MR) is 96.0 cm³/mol. The fraction of sp³-hybridized carbons (Fsp3) is 0.316. The third-order valence-corrected chi connectivity index (χ3v) is 3.59. The first-order chi connectivity index (χ1) is 13.1. The van der Waals surface area contributed by atoms with Crippen LogP contribution >= 0.6 is 0 Å². The van der Waals surface area contributed by atoms with Crippen LogP contribution in [0.3, 0.4) is 0 Å². The van der Waals surface area contributed by atoms with Gasteiger partial charge in [-0.3, -0.25) is 9.59 Å². The number of rotatable bonds is 10. The zero-order valence-corrected chi connectivity index (χ0v) is 15.0. The van der Waals surface area contributed by atoms with Crippen molar-refractivity contribution in [1.29, 1.82) is 0 Å². The molecule has 2 aromatic rings. The van der Waals surface area contributed by atoms with E-state index in [1.165, 1.54) is 19.4 Å². The Balaban J connectivity index is 1.96. The summed E-state index contributed by atoms with van der Waals surface area (Å²) < 4.78 is 14.9. The third kappa shape index (κ3) is 6.95. The highest BCUT2D eigenvalue weighted by Gasteiger charge is 2.25. The number of furan rings is 1. The number of carbonyl (C=O) groups excluding carboxylic acids is 3. The van der Waals surface area contributed by atoms with Crippen molar-refractivity contribution in [2.45, 2.75) is 12.5 Å². The largest absolute Gasteiger partial charge is 0.459 e. The van der Waals surface area contributed by atoms with E-state index in [4.69, 9.17) is 13.9 Å². The normalized spacial score (nSPS) is 11.4. The van der Waals surface area contributed by atoms with Crippen molar-refractivity contribution in [2.24, 2.45) is 0 Å². The molecule has 0 bridgehead atoms. The lowest BCUT2D eigenvalue weighted by atomic mass is 10.1. The van der Waals surface area contributed by atoms with Gasteiger partial charge in [0, 0.05) is 20.1 Å². The van der Waals surface area contributed by atoms with Gasteiger partial charge in [-0.2, -0.15) is 0 Å². The Kier molecular flexibility index (Phi) is 8.05. The molecule has 0 saturated heterocycles. The van der Waals surface area contributed by atoms with Gasteiger partial charge in [0.1, 0.15) is 6.04 Å². The van der Waals surface area contributed by atoms with E-state index in [1.807, 2.05) is 30.3 Å². The standard InChI is InChI=1S/C19H22N2O6/c1-25-11-9-20-17(22)13-27-19(24)15(12-14-6-3-2-4-7-14)21-18(23)16-8-5-10-26-16/h2-8,10,15H,9,11-13H2,1H3,(H,20,22)(H,21,23). The lowest BCUT2D eigenvalue weighted by molar-refractivity contribution is -0.150. The Morgan fingerprint density at radius 1 is 1.11 bits per heavy atom. The summed E-state index contributed by atoms with van der Waals surface area (Å²) in [7, 11) is 1.52. The molecule has 27 heavy (non-hydrogen) atoms. The second-order valence-corrected chi connectivity index (χ2v) is 5.64. The third-order valence-electron chi connectivity index (χ3n) is 3.59. The predicted octanol–water partition coefficient (Wildman–Crippen LogP) is 0.927. The van der Waals surface area contributed by atoms with Crippen LogP contribution in [0.15, 0.2) is 53.1 Å². The zero-order valence-electron chi connectivity index (χ0n) is 15.0. The molecule has 1 heterocycles. The summed E-state index contributed by atoms with van der Waals surface area (Å²) in [5.41, 5.74) is 0.837. The molecule has 1 unspecified atom stereocenters. The van der Waals surface area contributed by atoms with Crippen LogP contribution in [0.1, 0.15) is 16.1 Å². The van der Waals surface area contributed by atoms with Crippen LogP contribution in [0.5, 0.6) is 0 Å². The van der Waals surface area contributed by atoms with Gasteiger partial charge in [0.25, 0.3) is 11.8 Å². The van der Waals surface area contributed by atoms with E-state index >= 15 is 0 Å². The van der Waals surface area contributed by atoms with E-state index in [-0.39, 0.29) is 12.2 Å². The van der Waals surface area contributed by atoms with Gasteiger partial charge in [-0.25, -0.2) is 4.79 Å². The van der Waals surface area contributed by atoms with Crippen LogP contribution in [-0.2, 0) is 25.5 Å². The summed E-state index contributed by atoms with van der Waals surface area (Å²) >= 11 is 0. The number of methoxy groups -OCH3 is 1. The van der Waals surface area contributed by atoms with Gasteiger partial charge in [-0.1, -0.05) is 30.3 Å². The number of benzene rings is 1. The average Bonchev–Trinajstić information content (AvgIpc) is 3.21. The van der Waals surface area contributed by atoms with E-state index in [1.54, 1.807) is 6.07 Å². The fourth-order valence-electron chi connectivity index (χ4n) is 2.26. The Morgan fingerprint density at radius 3 is 2.56 bits per heavy atom. The molecule has 1 aromatic carbocycles. The minimum absolute atomic E-state index is 0.0816. The molecule has 0 aliphatic rings. The molecule has 8 heteroatoms. The highest BCUT2D eigenvalue weighted by atomic mass is 16.5. The summed E-state index contributed by atoms with van der Waals surface area (Å²) in [6.07, 6.45) is 1.58. The molecule has 0 fully saturated rings. The van der Waals surface area contributed by atoms with E-state index in [9.17, 15) is 14.4 Å². The summed E-state index contributed by atoms with van der Waals surface area (Å²) in [6, 6.07) is 11.3. The highest BCUT2D eigenvalue weighted by Crippen LogP contribution is 2.07. The SMILES string of the molecule is COCCNC(=O)COC(=O)C(Cc1ccccc1)NC(=O)c1ccco1. The second kappa shape index (κ2) is 10.8. The van der Waals surface area contributed by atoms with Crippen LogP contribution in [0.2, 0.25) is 0 Å². The van der Waals surface area contributed by atoms with Crippen LogP contribution < -0.4 is 10.6 Å². The molecule has 0 saturated carbocycles. The molecule has 0 aliphatic heterocycles. The number of amides is 2. The molecule has 2 amide bonds. The Labute approximate surface area is 156 Å². The topological polar surface area (TPSA) is 107 Å². The van der Waals surface area contributed by atoms with Crippen molar-refractivity contribution < 1.29 is 28.3 Å². The molecule has 1 aromatic heterocycles. The van der Waals surface area contributed by atoms with Gasteiger partial charge in [0.2, 0.25) is 0 Å². The number of hydrogen-bond acceptors (Lipinski definition) is 6. The number of carbonyl (C=O) groups is 3. The lowest BCUT2D eigenvalue weighted by Gasteiger charge is -2.17. The van der Waals surface area contributed by atoms with E-state index in [0.717, 1.165) is 5.56 Å². The number of nitrogens with one attached hydrogen (secondary N) is 2. The van der Waals surface area contributed by atoms with Gasteiger partial charge in [-0.05, 0) is 17.7 Å². The molecule has 0 spiro atoms. The minimum atomic E-state index is -0.961. The maximum Gasteiger partial charge on any atom is 0.329 e. The van der Waals surface area contributed by atoms with Gasteiger partial charge < -0.3 is 24.5 Å². The first-order valence-corrected chi connectivity index (χ1v) is 8.40. The molecule has 8 nitrogen and oxygen atoms in total. The fourth-order valence-corrected chi connectivity index (χ4v) is 2.26. The van der Waals surface area contributed by atoms with Crippen LogP contribution in [0.25, 0.3) is 0 Å². The number of ether oxygens (including phenoxy) is 2. The highest BCUT2D eigenvalue weighted by molar-refractivity contribution is 5.94. The maximum absolute atomic E-state index is 12.4. The van der Waals surface area contributed by atoms with Crippen LogP contribution in [0.4, 0.5) is 0 Å². The molecule has 144 valence electrons. The first-order valence-electron chi connectivity index (χ1n) is 8.40.